The number of fused-ring (bicyclic) bond motifs is 9. The lowest BCUT2D eigenvalue weighted by molar-refractivity contribution is 0.714. The van der Waals surface area contributed by atoms with E-state index in [1.165, 1.54) is 104 Å². The molecule has 1 nitrogen and oxygen atoms in total. The van der Waals surface area contributed by atoms with Gasteiger partial charge >= 0.3 is 0 Å². The maximum absolute atomic E-state index is 2.55. The zero-order chi connectivity index (χ0) is 44.5. The lowest BCUT2D eigenvalue weighted by Crippen LogP contribution is -2.25. The lowest BCUT2D eigenvalue weighted by Gasteiger charge is -2.35. The van der Waals surface area contributed by atoms with Gasteiger partial charge in [0, 0.05) is 16.5 Å². The van der Waals surface area contributed by atoms with Gasteiger partial charge in [-0.15, -0.1) is 0 Å². The van der Waals surface area contributed by atoms with Gasteiger partial charge in [-0.1, -0.05) is 224 Å². The summed E-state index contributed by atoms with van der Waals surface area (Å²) in [4.78, 5) is 2.55. The molecular formula is C66H45N. The van der Waals surface area contributed by atoms with Gasteiger partial charge < -0.3 is 4.90 Å². The number of hydrogen-bond acceptors (Lipinski definition) is 1. The molecule has 0 heterocycles. The van der Waals surface area contributed by atoms with Crippen molar-refractivity contribution >= 4 is 60.2 Å². The second kappa shape index (κ2) is 15.6. The number of hydrogen-bond donors (Lipinski definition) is 0. The van der Waals surface area contributed by atoms with E-state index in [1.807, 2.05) is 0 Å². The molecule has 0 aliphatic heterocycles. The Hall–Kier alpha value is -8.52. The van der Waals surface area contributed by atoms with Crippen LogP contribution in [0.4, 0.5) is 17.1 Å². The first-order valence-corrected chi connectivity index (χ1v) is 23.3. The van der Waals surface area contributed by atoms with E-state index in [0.29, 0.717) is 0 Å². The van der Waals surface area contributed by atoms with Gasteiger partial charge in [0.25, 0.3) is 0 Å². The molecule has 0 aromatic heterocycles. The third-order valence-corrected chi connectivity index (χ3v) is 14.5. The summed E-state index contributed by atoms with van der Waals surface area (Å²) < 4.78 is 0. The van der Waals surface area contributed by atoms with Gasteiger partial charge in [0.2, 0.25) is 0 Å². The van der Waals surface area contributed by atoms with Crippen molar-refractivity contribution < 1.29 is 0 Å². The van der Waals surface area contributed by atoms with Gasteiger partial charge in [-0.05, 0) is 136 Å². The van der Waals surface area contributed by atoms with Crippen LogP contribution in [-0.2, 0) is 5.41 Å². The van der Waals surface area contributed by atoms with Crippen LogP contribution in [0.3, 0.4) is 0 Å². The van der Waals surface area contributed by atoms with Crippen LogP contribution in [-0.4, -0.2) is 0 Å². The summed E-state index contributed by atoms with van der Waals surface area (Å²) >= 11 is 0. The smallest absolute Gasteiger partial charge is 0.0540 e. The van der Waals surface area contributed by atoms with Crippen molar-refractivity contribution in [2.24, 2.45) is 0 Å². The first-order valence-electron chi connectivity index (χ1n) is 23.3. The molecule has 0 saturated carbocycles. The number of benzene rings is 12. The summed E-state index contributed by atoms with van der Waals surface area (Å²) in [6, 6.07) is 94.3. The molecule has 0 spiro atoms. The van der Waals surface area contributed by atoms with Crippen LogP contribution < -0.4 is 4.90 Å². The second-order valence-corrected chi connectivity index (χ2v) is 18.1. The van der Waals surface area contributed by atoms with Crippen LogP contribution in [0.5, 0.6) is 0 Å². The van der Waals surface area contributed by atoms with Gasteiger partial charge in [-0.3, -0.25) is 0 Å². The summed E-state index contributed by atoms with van der Waals surface area (Å²) in [5, 5.41) is 9.94. The van der Waals surface area contributed by atoms with Gasteiger partial charge in [-0.2, -0.15) is 0 Å². The van der Waals surface area contributed by atoms with E-state index in [-0.39, 0.29) is 0 Å². The Bertz CT molecular complexity index is 3870. The van der Waals surface area contributed by atoms with Crippen molar-refractivity contribution in [1.29, 1.82) is 0 Å². The topological polar surface area (TPSA) is 3.24 Å². The monoisotopic (exact) mass is 851 g/mol. The van der Waals surface area contributed by atoms with E-state index >= 15 is 0 Å². The standard InChI is InChI=1S/C66H45N/c1-66(49-26-9-4-10-27-49)60-35-16-15-31-55(60)58-34-19-37-62(65(58)66)67(61-36-18-33-52-51-29-12-11-20-44(51)38-41-56(52)61)50-28-17-25-47(42-50)48-39-40-54-53-30-13-14-32-57(53)63(45-21-5-2-6-22-45)64(59(54)43-48)46-23-7-3-8-24-46/h2-43H,1H3. The van der Waals surface area contributed by atoms with Crippen molar-refractivity contribution in [3.05, 3.63) is 271 Å². The average Bonchev–Trinajstić information content (AvgIpc) is 3.68. The molecule has 1 atom stereocenters. The van der Waals surface area contributed by atoms with Crippen molar-refractivity contribution in [2.75, 3.05) is 4.90 Å². The maximum atomic E-state index is 2.55. The highest BCUT2D eigenvalue weighted by Crippen LogP contribution is 2.58. The number of nitrogens with zero attached hydrogens (tertiary/aromatic N) is 1. The molecule has 1 aliphatic carbocycles. The molecule has 0 fully saturated rings. The van der Waals surface area contributed by atoms with Crippen LogP contribution in [0.1, 0.15) is 23.6 Å². The molecule has 0 bridgehead atoms. The van der Waals surface area contributed by atoms with Gasteiger partial charge in [0.15, 0.2) is 0 Å². The molecule has 314 valence electrons. The maximum Gasteiger partial charge on any atom is 0.0540 e. The summed E-state index contributed by atoms with van der Waals surface area (Å²) in [5.41, 5.74) is 16.7. The Morgan fingerprint density at radius 3 is 1.63 bits per heavy atom. The molecule has 12 aromatic rings. The predicted molar refractivity (Wildman–Crippen MR) is 285 cm³/mol. The van der Waals surface area contributed by atoms with E-state index in [4.69, 9.17) is 0 Å². The van der Waals surface area contributed by atoms with Crippen LogP contribution in [0.15, 0.2) is 255 Å². The number of rotatable bonds is 7. The molecule has 13 rings (SSSR count). The first kappa shape index (κ1) is 38.9. The minimum absolute atomic E-state index is 0.414. The quantitative estimate of drug-likeness (QED) is 0.144. The van der Waals surface area contributed by atoms with Gasteiger partial charge in [0.1, 0.15) is 0 Å². The van der Waals surface area contributed by atoms with Crippen LogP contribution in [0.2, 0.25) is 0 Å². The molecule has 1 heteroatoms. The third-order valence-electron chi connectivity index (χ3n) is 14.5. The Kier molecular flexibility index (Phi) is 9.05. The molecule has 1 aliphatic rings. The highest BCUT2D eigenvalue weighted by atomic mass is 15.1. The van der Waals surface area contributed by atoms with E-state index in [2.05, 4.69) is 267 Å². The summed E-state index contributed by atoms with van der Waals surface area (Å²) in [7, 11) is 0. The molecule has 0 saturated heterocycles. The Morgan fingerprint density at radius 2 is 0.836 bits per heavy atom. The van der Waals surface area contributed by atoms with E-state index in [0.717, 1.165) is 16.9 Å². The fraction of sp³-hybridized carbons (Fsp3) is 0.0303. The predicted octanol–water partition coefficient (Wildman–Crippen LogP) is 18.1. The van der Waals surface area contributed by atoms with Gasteiger partial charge in [-0.25, -0.2) is 0 Å². The van der Waals surface area contributed by atoms with Crippen molar-refractivity contribution in [2.45, 2.75) is 12.3 Å². The zero-order valence-corrected chi connectivity index (χ0v) is 37.2. The van der Waals surface area contributed by atoms with E-state index in [9.17, 15) is 0 Å². The molecule has 12 aromatic carbocycles. The van der Waals surface area contributed by atoms with Crippen molar-refractivity contribution in [3.63, 3.8) is 0 Å². The molecule has 0 radical (unpaired) electrons. The first-order chi connectivity index (χ1) is 33.1. The normalized spacial score (nSPS) is 14.1. The SMILES string of the molecule is CC1(c2ccccc2)c2ccccc2-c2cccc(N(c3cccc(-c4ccc5c(c4)c(-c4ccccc4)c(-c4ccccc4)c4ccccc45)c3)c3cccc4c3ccc3ccccc34)c21. The van der Waals surface area contributed by atoms with Crippen LogP contribution in [0, 0.1) is 0 Å². The highest BCUT2D eigenvalue weighted by Gasteiger charge is 2.43. The molecule has 0 N–H and O–H groups in total. The molecule has 67 heavy (non-hydrogen) atoms. The fourth-order valence-corrected chi connectivity index (χ4v) is 11.5. The van der Waals surface area contributed by atoms with Gasteiger partial charge in [0.05, 0.1) is 11.4 Å². The lowest BCUT2D eigenvalue weighted by atomic mass is 9.73. The summed E-state index contributed by atoms with van der Waals surface area (Å²) in [6.45, 7) is 2.43. The van der Waals surface area contributed by atoms with E-state index < -0.39 is 5.41 Å². The molecule has 0 amide bonds. The fourth-order valence-electron chi connectivity index (χ4n) is 11.5. The minimum Gasteiger partial charge on any atom is -0.310 e. The Balaban J connectivity index is 1.08. The molecular weight excluding hydrogens is 807 g/mol. The Labute approximate surface area is 391 Å². The highest BCUT2D eigenvalue weighted by molar-refractivity contribution is 6.22. The van der Waals surface area contributed by atoms with E-state index in [1.54, 1.807) is 0 Å². The summed E-state index contributed by atoms with van der Waals surface area (Å²) in [6.07, 6.45) is 0. The minimum atomic E-state index is -0.414. The largest absolute Gasteiger partial charge is 0.310 e. The third kappa shape index (κ3) is 6.09. The zero-order valence-electron chi connectivity index (χ0n) is 37.2. The van der Waals surface area contributed by atoms with Crippen LogP contribution in [0.25, 0.3) is 87.6 Å². The molecule has 1 unspecified atom stereocenters. The van der Waals surface area contributed by atoms with Crippen molar-refractivity contribution in [3.8, 4) is 44.5 Å². The second-order valence-electron chi connectivity index (χ2n) is 18.1. The Morgan fingerprint density at radius 1 is 0.313 bits per heavy atom. The van der Waals surface area contributed by atoms with Crippen LogP contribution >= 0.6 is 0 Å². The number of anilines is 3. The van der Waals surface area contributed by atoms with Crippen molar-refractivity contribution in [1.82, 2.24) is 0 Å². The average molecular weight is 852 g/mol. The summed E-state index contributed by atoms with van der Waals surface area (Å²) in [5.74, 6) is 0.